The lowest BCUT2D eigenvalue weighted by Crippen LogP contribution is -2.31. The van der Waals surface area contributed by atoms with E-state index in [1.165, 1.54) is 14.0 Å². The van der Waals surface area contributed by atoms with Gasteiger partial charge in [-0.05, 0) is 71.8 Å². The fraction of sp³-hybridized carbons (Fsp3) is 0.259. The van der Waals surface area contributed by atoms with Crippen molar-refractivity contribution in [2.24, 2.45) is 5.92 Å². The van der Waals surface area contributed by atoms with Gasteiger partial charge in [0.1, 0.15) is 10.7 Å². The van der Waals surface area contributed by atoms with Gasteiger partial charge in [-0.2, -0.15) is 0 Å². The van der Waals surface area contributed by atoms with Crippen LogP contribution in [0.2, 0.25) is 0 Å². The van der Waals surface area contributed by atoms with Crippen molar-refractivity contribution in [2.75, 3.05) is 7.11 Å². The molecule has 2 aromatic carbocycles. The first kappa shape index (κ1) is 25.7. The Morgan fingerprint density at radius 3 is 2.28 bits per heavy atom. The maximum atomic E-state index is 13.3. The molecule has 36 heavy (non-hydrogen) atoms. The van der Waals surface area contributed by atoms with Crippen LogP contribution in [-0.4, -0.2) is 31.6 Å². The third kappa shape index (κ3) is 4.94. The molecule has 0 spiro atoms. The summed E-state index contributed by atoms with van der Waals surface area (Å²) in [4.78, 5) is 26.9. The van der Waals surface area contributed by atoms with E-state index in [0.717, 1.165) is 9.18 Å². The van der Waals surface area contributed by atoms with Crippen molar-refractivity contribution in [1.29, 1.82) is 0 Å². The molecule has 1 aromatic heterocycles. The molecule has 1 atom stereocenters. The van der Waals surface area contributed by atoms with Gasteiger partial charge >= 0.3 is 0 Å². The summed E-state index contributed by atoms with van der Waals surface area (Å²) in [6, 6.07) is 17.1. The zero-order valence-electron chi connectivity index (χ0n) is 20.5. The lowest BCUT2D eigenvalue weighted by Gasteiger charge is -2.21. The summed E-state index contributed by atoms with van der Waals surface area (Å²) in [5, 5.41) is 5.06. The minimum Gasteiger partial charge on any atom is -0.497 e. The first-order valence-corrected chi connectivity index (χ1v) is 13.8. The van der Waals surface area contributed by atoms with Crippen LogP contribution < -0.4 is 10.1 Å². The molecule has 7 nitrogen and oxygen atoms in total. The highest BCUT2D eigenvalue weighted by Crippen LogP contribution is 2.37. The molecular weight excluding hydrogens is 496 g/mol. The van der Waals surface area contributed by atoms with Crippen LogP contribution in [0, 0.1) is 5.92 Å². The van der Waals surface area contributed by atoms with Crippen molar-refractivity contribution < 1.29 is 22.7 Å². The maximum Gasteiger partial charge on any atom is 0.268 e. The van der Waals surface area contributed by atoms with E-state index in [4.69, 9.17) is 4.74 Å². The minimum absolute atomic E-state index is 0.000504. The normalized spacial score (nSPS) is 15.9. The standard InChI is InChI=1S/C27H28N2O5S2/c1-17(2)24(23-6-5-15-35-23)28-26(30)21-9-7-19(8-10-21)16-29-27(31)18(3)25(36(29,32)33)20-11-13-22(34-4)14-12-20/h5-15,17,24H,16H2,1-4H3,(H,28,30)/t24-/m0/s1. The summed E-state index contributed by atoms with van der Waals surface area (Å²) in [6.07, 6.45) is 0. The topological polar surface area (TPSA) is 92.8 Å². The first-order chi connectivity index (χ1) is 17.1. The zero-order chi connectivity index (χ0) is 26.0. The minimum atomic E-state index is -4.03. The summed E-state index contributed by atoms with van der Waals surface area (Å²) in [5.74, 6) is 0.0416. The summed E-state index contributed by atoms with van der Waals surface area (Å²) in [5.41, 5.74) is 1.67. The van der Waals surface area contributed by atoms with Crippen molar-refractivity contribution >= 4 is 38.1 Å². The van der Waals surface area contributed by atoms with Crippen molar-refractivity contribution in [1.82, 2.24) is 9.62 Å². The highest BCUT2D eigenvalue weighted by Gasteiger charge is 2.42. The molecule has 0 radical (unpaired) electrons. The third-order valence-electron chi connectivity index (χ3n) is 6.13. The van der Waals surface area contributed by atoms with Gasteiger partial charge in [-0.3, -0.25) is 9.59 Å². The fourth-order valence-corrected chi connectivity index (χ4v) is 6.90. The largest absolute Gasteiger partial charge is 0.497 e. The number of methoxy groups -OCH3 is 1. The highest BCUT2D eigenvalue weighted by atomic mass is 32.2. The molecule has 0 fully saturated rings. The van der Waals surface area contributed by atoms with Gasteiger partial charge in [-0.15, -0.1) is 11.3 Å². The van der Waals surface area contributed by atoms with Gasteiger partial charge in [0.05, 0.1) is 19.7 Å². The number of hydrogen-bond donors (Lipinski definition) is 1. The second kappa shape index (κ2) is 10.3. The average Bonchev–Trinajstić information content (AvgIpc) is 3.45. The predicted molar refractivity (Wildman–Crippen MR) is 141 cm³/mol. The molecule has 1 aliphatic heterocycles. The SMILES string of the molecule is COc1ccc(C2=C(C)C(=O)N(Cc3ccc(C(=O)N[C@H](c4cccs4)C(C)C)cc3)S2(=O)=O)cc1. The summed E-state index contributed by atoms with van der Waals surface area (Å²) < 4.78 is 32.6. The number of nitrogens with zero attached hydrogens (tertiary/aromatic N) is 1. The van der Waals surface area contributed by atoms with Crippen LogP contribution in [0.3, 0.4) is 0 Å². The van der Waals surface area contributed by atoms with Crippen LogP contribution in [-0.2, 0) is 21.4 Å². The number of carbonyl (C=O) groups excluding carboxylic acids is 2. The van der Waals surface area contributed by atoms with E-state index in [-0.39, 0.29) is 34.9 Å². The molecular formula is C27H28N2O5S2. The van der Waals surface area contributed by atoms with E-state index >= 15 is 0 Å². The Kier molecular flexibility index (Phi) is 7.33. The molecule has 0 unspecified atom stereocenters. The number of sulfonamides is 1. The molecule has 9 heteroatoms. The van der Waals surface area contributed by atoms with Crippen molar-refractivity contribution in [3.8, 4) is 5.75 Å². The molecule has 1 aliphatic rings. The van der Waals surface area contributed by atoms with Gasteiger partial charge in [0.2, 0.25) is 0 Å². The summed E-state index contributed by atoms with van der Waals surface area (Å²) in [7, 11) is -2.50. The van der Waals surface area contributed by atoms with Crippen molar-refractivity contribution in [3.63, 3.8) is 0 Å². The molecule has 0 bridgehead atoms. The van der Waals surface area contributed by atoms with E-state index in [2.05, 4.69) is 19.2 Å². The molecule has 0 aliphatic carbocycles. The van der Waals surface area contributed by atoms with Gasteiger partial charge in [0, 0.05) is 16.0 Å². The Morgan fingerprint density at radius 1 is 1.06 bits per heavy atom. The number of thiophene rings is 1. The lowest BCUT2D eigenvalue weighted by atomic mass is 10.0. The quantitative estimate of drug-likeness (QED) is 0.448. The van der Waals surface area contributed by atoms with Crippen LogP contribution >= 0.6 is 11.3 Å². The number of hydrogen-bond acceptors (Lipinski definition) is 6. The summed E-state index contributed by atoms with van der Waals surface area (Å²) >= 11 is 1.60. The van der Waals surface area contributed by atoms with E-state index in [1.54, 1.807) is 59.9 Å². The number of carbonyl (C=O) groups is 2. The van der Waals surface area contributed by atoms with Gasteiger partial charge in [-0.25, -0.2) is 12.7 Å². The smallest absolute Gasteiger partial charge is 0.268 e. The molecule has 4 rings (SSSR count). The van der Waals surface area contributed by atoms with Crippen LogP contribution in [0.4, 0.5) is 0 Å². The molecule has 2 heterocycles. The lowest BCUT2D eigenvalue weighted by molar-refractivity contribution is -0.122. The fourth-order valence-electron chi connectivity index (χ4n) is 4.15. The van der Waals surface area contributed by atoms with Crippen LogP contribution in [0.5, 0.6) is 5.75 Å². The monoisotopic (exact) mass is 524 g/mol. The zero-order valence-corrected chi connectivity index (χ0v) is 22.2. The van der Waals surface area contributed by atoms with Gasteiger partial charge in [0.15, 0.2) is 0 Å². The van der Waals surface area contributed by atoms with Gasteiger partial charge < -0.3 is 10.1 Å². The summed E-state index contributed by atoms with van der Waals surface area (Å²) in [6.45, 7) is 5.50. The van der Waals surface area contributed by atoms with E-state index in [9.17, 15) is 18.0 Å². The predicted octanol–water partition coefficient (Wildman–Crippen LogP) is 4.99. The molecule has 188 valence electrons. The number of amides is 2. The first-order valence-electron chi connectivity index (χ1n) is 11.5. The number of ether oxygens (including phenoxy) is 1. The maximum absolute atomic E-state index is 13.3. The average molecular weight is 525 g/mol. The Balaban J connectivity index is 1.50. The van der Waals surface area contributed by atoms with Crippen LogP contribution in [0.15, 0.2) is 71.6 Å². The number of rotatable bonds is 8. The highest BCUT2D eigenvalue weighted by molar-refractivity contribution is 7.99. The Labute approximate surface area is 215 Å². The van der Waals surface area contributed by atoms with E-state index in [1.807, 2.05) is 17.5 Å². The molecule has 2 amide bonds. The van der Waals surface area contributed by atoms with E-state index in [0.29, 0.717) is 22.4 Å². The Hall–Kier alpha value is -3.43. The van der Waals surface area contributed by atoms with Crippen molar-refractivity contribution in [2.45, 2.75) is 33.4 Å². The number of nitrogens with one attached hydrogen (secondary N) is 1. The molecule has 3 aromatic rings. The van der Waals surface area contributed by atoms with Crippen LogP contribution in [0.25, 0.3) is 4.91 Å². The second-order valence-corrected chi connectivity index (χ2v) is 11.7. The third-order valence-corrected chi connectivity index (χ3v) is 9.02. The second-order valence-electron chi connectivity index (χ2n) is 8.91. The Bertz CT molecular complexity index is 1390. The molecule has 0 saturated heterocycles. The number of benzene rings is 2. The molecule has 1 N–H and O–H groups in total. The molecule has 0 saturated carbocycles. The van der Waals surface area contributed by atoms with Crippen LogP contribution in [0.1, 0.15) is 53.2 Å². The van der Waals surface area contributed by atoms with Gasteiger partial charge in [0.25, 0.3) is 21.8 Å². The van der Waals surface area contributed by atoms with Crippen molar-refractivity contribution in [3.05, 3.63) is 93.2 Å². The van der Waals surface area contributed by atoms with Gasteiger partial charge in [-0.1, -0.05) is 32.0 Å². The Morgan fingerprint density at radius 2 is 1.72 bits per heavy atom. The van der Waals surface area contributed by atoms with E-state index < -0.39 is 15.9 Å².